The molecule has 1 aliphatic heterocycles. The van der Waals surface area contributed by atoms with Crippen molar-refractivity contribution in [3.63, 3.8) is 0 Å². The van der Waals surface area contributed by atoms with Crippen molar-refractivity contribution in [3.05, 3.63) is 71.0 Å². The fourth-order valence-electron chi connectivity index (χ4n) is 3.22. The monoisotopic (exact) mass is 375 g/mol. The molecule has 3 rings (SSSR count). The van der Waals surface area contributed by atoms with E-state index < -0.39 is 15.7 Å². The van der Waals surface area contributed by atoms with Crippen LogP contribution in [0.3, 0.4) is 0 Å². The van der Waals surface area contributed by atoms with E-state index in [9.17, 15) is 17.6 Å². The van der Waals surface area contributed by atoms with Crippen molar-refractivity contribution >= 4 is 15.7 Å². The molecule has 4 nitrogen and oxygen atoms in total. The number of carbonyl (C=O) groups is 1. The second kappa shape index (κ2) is 7.58. The standard InChI is InChI=1S/C20H22FNO3S/c1-2-15-3-5-16(6-4-15)13-22(19-11-12-26(24,25)14-19)20(23)17-7-9-18(21)10-8-17/h3-10,19H,2,11-14H2,1H3/t19-/m1/s1. The summed E-state index contributed by atoms with van der Waals surface area (Å²) in [6.45, 7) is 2.41. The summed E-state index contributed by atoms with van der Waals surface area (Å²) in [6.07, 6.45) is 1.36. The average molecular weight is 375 g/mol. The van der Waals surface area contributed by atoms with Crippen LogP contribution in [0, 0.1) is 5.82 Å². The van der Waals surface area contributed by atoms with Gasteiger partial charge in [-0.2, -0.15) is 0 Å². The third-order valence-electron chi connectivity index (χ3n) is 4.79. The Morgan fingerprint density at radius 1 is 1.08 bits per heavy atom. The minimum Gasteiger partial charge on any atom is -0.330 e. The summed E-state index contributed by atoms with van der Waals surface area (Å²) < 4.78 is 37.0. The molecule has 0 N–H and O–H groups in total. The lowest BCUT2D eigenvalue weighted by Crippen LogP contribution is -2.40. The van der Waals surface area contributed by atoms with Crippen LogP contribution in [0.1, 0.15) is 34.8 Å². The zero-order valence-corrected chi connectivity index (χ0v) is 15.5. The highest BCUT2D eigenvalue weighted by Crippen LogP contribution is 2.23. The van der Waals surface area contributed by atoms with Gasteiger partial charge in [0, 0.05) is 18.2 Å². The zero-order chi connectivity index (χ0) is 18.7. The van der Waals surface area contributed by atoms with Gasteiger partial charge in [-0.05, 0) is 48.2 Å². The average Bonchev–Trinajstić information content (AvgIpc) is 3.00. The van der Waals surface area contributed by atoms with E-state index in [1.54, 1.807) is 4.90 Å². The predicted molar refractivity (Wildman–Crippen MR) is 99.2 cm³/mol. The lowest BCUT2D eigenvalue weighted by atomic mass is 10.1. The number of nitrogens with zero attached hydrogens (tertiary/aromatic N) is 1. The molecule has 26 heavy (non-hydrogen) atoms. The van der Waals surface area contributed by atoms with Crippen molar-refractivity contribution in [2.75, 3.05) is 11.5 Å². The Morgan fingerprint density at radius 3 is 2.23 bits per heavy atom. The summed E-state index contributed by atoms with van der Waals surface area (Å²) in [5.74, 6) is -0.606. The van der Waals surface area contributed by atoms with E-state index in [-0.39, 0.29) is 23.5 Å². The van der Waals surface area contributed by atoms with E-state index in [1.165, 1.54) is 29.8 Å². The molecule has 2 aromatic rings. The van der Waals surface area contributed by atoms with Gasteiger partial charge in [-0.3, -0.25) is 4.79 Å². The summed E-state index contributed by atoms with van der Waals surface area (Å²) in [6, 6.07) is 13.0. The molecule has 1 heterocycles. The Morgan fingerprint density at radius 2 is 1.69 bits per heavy atom. The number of benzene rings is 2. The van der Waals surface area contributed by atoms with Crippen molar-refractivity contribution in [3.8, 4) is 0 Å². The van der Waals surface area contributed by atoms with E-state index in [2.05, 4.69) is 6.92 Å². The Balaban J connectivity index is 1.88. The first-order valence-corrected chi connectivity index (χ1v) is 10.5. The number of amides is 1. The van der Waals surface area contributed by atoms with Gasteiger partial charge >= 0.3 is 0 Å². The molecule has 1 aliphatic rings. The smallest absolute Gasteiger partial charge is 0.254 e. The third-order valence-corrected chi connectivity index (χ3v) is 6.54. The van der Waals surface area contributed by atoms with Crippen LogP contribution in [0.5, 0.6) is 0 Å². The van der Waals surface area contributed by atoms with E-state index in [0.717, 1.165) is 12.0 Å². The fraction of sp³-hybridized carbons (Fsp3) is 0.350. The Kier molecular flexibility index (Phi) is 5.41. The number of aryl methyl sites for hydroxylation is 1. The lowest BCUT2D eigenvalue weighted by molar-refractivity contribution is 0.0681. The van der Waals surface area contributed by atoms with Gasteiger partial charge in [-0.1, -0.05) is 31.2 Å². The molecule has 0 bridgehead atoms. The van der Waals surface area contributed by atoms with E-state index >= 15 is 0 Å². The molecule has 1 saturated heterocycles. The maximum Gasteiger partial charge on any atom is 0.254 e. The minimum atomic E-state index is -3.12. The third kappa shape index (κ3) is 4.30. The van der Waals surface area contributed by atoms with Gasteiger partial charge in [-0.25, -0.2) is 12.8 Å². The fourth-order valence-corrected chi connectivity index (χ4v) is 4.95. The molecular formula is C20H22FNO3S. The quantitative estimate of drug-likeness (QED) is 0.806. The van der Waals surface area contributed by atoms with Gasteiger partial charge in [-0.15, -0.1) is 0 Å². The first kappa shape index (κ1) is 18.6. The van der Waals surface area contributed by atoms with E-state index in [4.69, 9.17) is 0 Å². The maximum atomic E-state index is 13.2. The van der Waals surface area contributed by atoms with Crippen LogP contribution in [-0.4, -0.2) is 36.8 Å². The van der Waals surface area contributed by atoms with Gasteiger partial charge < -0.3 is 4.90 Å². The van der Waals surface area contributed by atoms with Crippen LogP contribution in [0.2, 0.25) is 0 Å². The van der Waals surface area contributed by atoms with Crippen molar-refractivity contribution < 1.29 is 17.6 Å². The molecule has 0 saturated carbocycles. The first-order valence-electron chi connectivity index (χ1n) is 8.73. The number of halogens is 1. The van der Waals surface area contributed by atoms with Crippen molar-refractivity contribution in [2.24, 2.45) is 0 Å². The molecule has 0 aliphatic carbocycles. The highest BCUT2D eigenvalue weighted by Gasteiger charge is 2.35. The van der Waals surface area contributed by atoms with E-state index in [0.29, 0.717) is 18.5 Å². The number of hydrogen-bond donors (Lipinski definition) is 0. The first-order chi connectivity index (χ1) is 12.4. The second-order valence-electron chi connectivity index (χ2n) is 6.67. The van der Waals surface area contributed by atoms with Crippen LogP contribution < -0.4 is 0 Å². The predicted octanol–water partition coefficient (Wildman–Crippen LogP) is 3.22. The molecule has 0 unspecified atom stereocenters. The number of carbonyl (C=O) groups excluding carboxylic acids is 1. The molecule has 6 heteroatoms. The normalized spacial score (nSPS) is 18.6. The maximum absolute atomic E-state index is 13.2. The van der Waals surface area contributed by atoms with Crippen LogP contribution >= 0.6 is 0 Å². The zero-order valence-electron chi connectivity index (χ0n) is 14.7. The van der Waals surface area contributed by atoms with Gasteiger partial charge in [0.25, 0.3) is 5.91 Å². The summed E-state index contributed by atoms with van der Waals surface area (Å²) in [7, 11) is -3.12. The van der Waals surface area contributed by atoms with Crippen LogP contribution in [0.25, 0.3) is 0 Å². The second-order valence-corrected chi connectivity index (χ2v) is 8.90. The highest BCUT2D eigenvalue weighted by atomic mass is 32.2. The number of rotatable bonds is 5. The van der Waals surface area contributed by atoms with Gasteiger partial charge in [0.15, 0.2) is 9.84 Å². The minimum absolute atomic E-state index is 0.0209. The largest absolute Gasteiger partial charge is 0.330 e. The number of sulfone groups is 1. The molecular weight excluding hydrogens is 353 g/mol. The van der Waals surface area contributed by atoms with Crippen LogP contribution in [-0.2, 0) is 22.8 Å². The topological polar surface area (TPSA) is 54.5 Å². The van der Waals surface area contributed by atoms with Crippen molar-refractivity contribution in [1.29, 1.82) is 0 Å². The van der Waals surface area contributed by atoms with Crippen LogP contribution in [0.15, 0.2) is 48.5 Å². The molecule has 2 aromatic carbocycles. The number of hydrogen-bond acceptors (Lipinski definition) is 3. The molecule has 0 spiro atoms. The van der Waals surface area contributed by atoms with Gasteiger partial charge in [0.2, 0.25) is 0 Å². The molecule has 1 amide bonds. The van der Waals surface area contributed by atoms with Gasteiger partial charge in [0.1, 0.15) is 5.82 Å². The summed E-state index contributed by atoms with van der Waals surface area (Å²) in [4.78, 5) is 14.6. The molecule has 138 valence electrons. The molecule has 1 atom stereocenters. The summed E-state index contributed by atoms with van der Waals surface area (Å²) >= 11 is 0. The molecule has 1 fully saturated rings. The SMILES string of the molecule is CCc1ccc(CN(C(=O)c2ccc(F)cc2)[C@@H]2CCS(=O)(=O)C2)cc1. The van der Waals surface area contributed by atoms with Crippen molar-refractivity contribution in [2.45, 2.75) is 32.4 Å². The highest BCUT2D eigenvalue weighted by molar-refractivity contribution is 7.91. The molecule has 0 radical (unpaired) electrons. The summed E-state index contributed by atoms with van der Waals surface area (Å²) in [5, 5.41) is 0. The van der Waals surface area contributed by atoms with E-state index in [1.807, 2.05) is 24.3 Å². The molecule has 0 aromatic heterocycles. The Bertz CT molecular complexity index is 876. The summed E-state index contributed by atoms with van der Waals surface area (Å²) in [5.41, 5.74) is 2.51. The lowest BCUT2D eigenvalue weighted by Gasteiger charge is -2.28. The Hall–Kier alpha value is -2.21. The van der Waals surface area contributed by atoms with Gasteiger partial charge in [0.05, 0.1) is 11.5 Å². The van der Waals surface area contributed by atoms with Crippen molar-refractivity contribution in [1.82, 2.24) is 4.90 Å². The van der Waals surface area contributed by atoms with Crippen LogP contribution in [0.4, 0.5) is 4.39 Å². The Labute approximate surface area is 153 Å².